The smallest absolute Gasteiger partial charge is 0.242 e. The van der Waals surface area contributed by atoms with Crippen LogP contribution in [0.3, 0.4) is 0 Å². The third kappa shape index (κ3) is 4.72. The lowest BCUT2D eigenvalue weighted by Gasteiger charge is -2.15. The van der Waals surface area contributed by atoms with Gasteiger partial charge in [0.25, 0.3) is 0 Å². The highest BCUT2D eigenvalue weighted by atomic mass is 35.5. The van der Waals surface area contributed by atoms with Crippen LogP contribution in [0.4, 0.5) is 5.69 Å². The van der Waals surface area contributed by atoms with E-state index < -0.39 is 22.7 Å². The van der Waals surface area contributed by atoms with Gasteiger partial charge in [-0.2, -0.15) is 5.26 Å². The molecule has 4 N–H and O–H groups in total. The molecule has 0 aromatic heterocycles. The molecule has 2 atom stereocenters. The van der Waals surface area contributed by atoms with Crippen molar-refractivity contribution >= 4 is 27.3 Å². The summed E-state index contributed by atoms with van der Waals surface area (Å²) in [7, 11) is -3.84. The highest BCUT2D eigenvalue weighted by Gasteiger charge is 2.28. The molecule has 132 valence electrons. The normalized spacial score (nSPS) is 19.1. The van der Waals surface area contributed by atoms with Crippen LogP contribution < -0.4 is 10.0 Å². The van der Waals surface area contributed by atoms with Gasteiger partial charge in [-0.1, -0.05) is 11.6 Å². The van der Waals surface area contributed by atoms with Crippen molar-refractivity contribution in [2.75, 3.05) is 31.6 Å². The molecule has 0 radical (unpaired) electrons. The minimum atomic E-state index is -3.84. The Morgan fingerprint density at radius 3 is 2.88 bits per heavy atom. The van der Waals surface area contributed by atoms with Crippen LogP contribution in [-0.4, -0.2) is 61.9 Å². The van der Waals surface area contributed by atoms with E-state index in [-0.39, 0.29) is 22.5 Å². The first-order valence-corrected chi connectivity index (χ1v) is 9.21. The molecular weight excluding hydrogens is 356 g/mol. The fraction of sp³-hybridized carbons (Fsp3) is 0.500. The Labute approximate surface area is 145 Å². The maximum atomic E-state index is 12.5. The molecule has 1 fully saturated rings. The SMILES string of the molecule is N#CN1CC[C@@H](NS(=O)(=O)c2cc(NCC(O)CO)ccc2Cl)C1. The molecule has 8 nitrogen and oxygen atoms in total. The van der Waals surface area contributed by atoms with E-state index >= 15 is 0 Å². The number of benzene rings is 1. The van der Waals surface area contributed by atoms with Gasteiger partial charge in [-0.05, 0) is 24.6 Å². The number of sulfonamides is 1. The first-order valence-electron chi connectivity index (χ1n) is 7.35. The zero-order chi connectivity index (χ0) is 17.7. The molecule has 2 rings (SSSR count). The summed E-state index contributed by atoms with van der Waals surface area (Å²) in [5, 5.41) is 29.9. The predicted octanol–water partition coefficient (Wildman–Crippen LogP) is -0.0612. The van der Waals surface area contributed by atoms with Gasteiger partial charge in [0.2, 0.25) is 10.0 Å². The summed E-state index contributed by atoms with van der Waals surface area (Å²) in [6.07, 6.45) is 1.59. The van der Waals surface area contributed by atoms with Gasteiger partial charge >= 0.3 is 0 Å². The van der Waals surface area contributed by atoms with Crippen LogP contribution in [0.5, 0.6) is 0 Å². The molecule has 24 heavy (non-hydrogen) atoms. The number of nitriles is 1. The first kappa shape index (κ1) is 18.8. The number of rotatable bonds is 7. The van der Waals surface area contributed by atoms with Crippen molar-refractivity contribution in [1.82, 2.24) is 9.62 Å². The average Bonchev–Trinajstić information content (AvgIpc) is 3.00. The number of hydrogen-bond donors (Lipinski definition) is 4. The van der Waals surface area contributed by atoms with E-state index in [1.54, 1.807) is 6.07 Å². The molecule has 0 amide bonds. The molecule has 1 heterocycles. The zero-order valence-corrected chi connectivity index (χ0v) is 14.4. The predicted molar refractivity (Wildman–Crippen MR) is 88.9 cm³/mol. The summed E-state index contributed by atoms with van der Waals surface area (Å²) in [4.78, 5) is 1.41. The number of likely N-dealkylation sites (tertiary alicyclic amines) is 1. The standard InChI is InChI=1S/C14H19ClN4O4S/c15-13-2-1-10(17-6-12(21)8-20)5-14(13)24(22,23)18-11-3-4-19(7-11)9-16/h1-2,5,11-12,17-18,20-21H,3-4,6-8H2/t11-,12?/m1/s1. The largest absolute Gasteiger partial charge is 0.394 e. The lowest BCUT2D eigenvalue weighted by atomic mass is 10.3. The molecule has 1 aromatic rings. The van der Waals surface area contributed by atoms with Gasteiger partial charge in [0, 0.05) is 31.4 Å². The fourth-order valence-corrected chi connectivity index (χ4v) is 4.14. The minimum Gasteiger partial charge on any atom is -0.394 e. The van der Waals surface area contributed by atoms with Crippen LogP contribution >= 0.6 is 11.6 Å². The average molecular weight is 375 g/mol. The Balaban J connectivity index is 2.12. The topological polar surface area (TPSA) is 126 Å². The Hall–Kier alpha value is -1.57. The summed E-state index contributed by atoms with van der Waals surface area (Å²) < 4.78 is 27.6. The number of aliphatic hydroxyl groups is 2. The van der Waals surface area contributed by atoms with E-state index in [9.17, 15) is 13.5 Å². The van der Waals surface area contributed by atoms with Gasteiger partial charge < -0.3 is 20.4 Å². The van der Waals surface area contributed by atoms with Crippen molar-refractivity contribution in [2.45, 2.75) is 23.5 Å². The van der Waals surface area contributed by atoms with Crippen molar-refractivity contribution in [3.63, 3.8) is 0 Å². The van der Waals surface area contributed by atoms with Crippen molar-refractivity contribution in [1.29, 1.82) is 5.26 Å². The molecule has 1 unspecified atom stereocenters. The monoisotopic (exact) mass is 374 g/mol. The third-order valence-corrected chi connectivity index (χ3v) is 5.63. The van der Waals surface area contributed by atoms with Crippen LogP contribution in [0.15, 0.2) is 23.1 Å². The highest BCUT2D eigenvalue weighted by molar-refractivity contribution is 7.89. The van der Waals surface area contributed by atoms with Crippen molar-refractivity contribution < 1.29 is 18.6 Å². The molecule has 10 heteroatoms. The third-order valence-electron chi connectivity index (χ3n) is 3.62. The summed E-state index contributed by atoms with van der Waals surface area (Å²) in [6.45, 7) is 0.515. The van der Waals surface area contributed by atoms with Crippen molar-refractivity contribution in [2.24, 2.45) is 0 Å². The van der Waals surface area contributed by atoms with E-state index in [0.717, 1.165) is 0 Å². The van der Waals surface area contributed by atoms with Gasteiger partial charge in [-0.25, -0.2) is 13.1 Å². The van der Waals surface area contributed by atoms with Crippen LogP contribution in [0.25, 0.3) is 0 Å². The first-order chi connectivity index (χ1) is 11.4. The van der Waals surface area contributed by atoms with Crippen molar-refractivity contribution in [3.8, 4) is 6.19 Å². The van der Waals surface area contributed by atoms with Crippen LogP contribution in [0, 0.1) is 11.5 Å². The summed E-state index contributed by atoms with van der Waals surface area (Å²) in [5.41, 5.74) is 0.456. The van der Waals surface area contributed by atoms with Crippen LogP contribution in [0.1, 0.15) is 6.42 Å². The second-order valence-electron chi connectivity index (χ2n) is 5.52. The summed E-state index contributed by atoms with van der Waals surface area (Å²) in [5.74, 6) is 0. The van der Waals surface area contributed by atoms with Crippen molar-refractivity contribution in [3.05, 3.63) is 23.2 Å². The maximum Gasteiger partial charge on any atom is 0.242 e. The second-order valence-corrected chi connectivity index (χ2v) is 7.61. The Bertz CT molecular complexity index is 722. The van der Waals surface area contributed by atoms with Crippen LogP contribution in [-0.2, 0) is 10.0 Å². The maximum absolute atomic E-state index is 12.5. The lowest BCUT2D eigenvalue weighted by Crippen LogP contribution is -2.36. The van der Waals surface area contributed by atoms with Gasteiger partial charge in [0.05, 0.1) is 17.7 Å². The highest BCUT2D eigenvalue weighted by Crippen LogP contribution is 2.26. The Morgan fingerprint density at radius 1 is 1.50 bits per heavy atom. The molecule has 0 saturated carbocycles. The van der Waals surface area contributed by atoms with E-state index in [0.29, 0.717) is 25.2 Å². The van der Waals surface area contributed by atoms with E-state index in [2.05, 4.69) is 10.0 Å². The fourth-order valence-electron chi connectivity index (χ4n) is 2.35. The zero-order valence-electron chi connectivity index (χ0n) is 12.8. The quantitative estimate of drug-likeness (QED) is 0.492. The van der Waals surface area contributed by atoms with Crippen LogP contribution in [0.2, 0.25) is 5.02 Å². The molecule has 1 aromatic carbocycles. The molecule has 0 aliphatic carbocycles. The van der Waals surface area contributed by atoms with E-state index in [4.69, 9.17) is 22.0 Å². The molecule has 1 saturated heterocycles. The molecule has 1 aliphatic rings. The molecule has 0 spiro atoms. The Kier molecular flexibility index (Phi) is 6.26. The molecular formula is C14H19ClN4O4S. The van der Waals surface area contributed by atoms with E-state index in [1.807, 2.05) is 6.19 Å². The van der Waals surface area contributed by atoms with E-state index in [1.165, 1.54) is 17.0 Å². The minimum absolute atomic E-state index is 0.0742. The number of nitrogens with zero attached hydrogens (tertiary/aromatic N) is 2. The van der Waals surface area contributed by atoms with Gasteiger partial charge in [-0.3, -0.25) is 0 Å². The number of anilines is 1. The number of hydrogen-bond acceptors (Lipinski definition) is 7. The number of aliphatic hydroxyl groups excluding tert-OH is 2. The molecule has 1 aliphatic heterocycles. The van der Waals surface area contributed by atoms with Gasteiger partial charge in [-0.15, -0.1) is 0 Å². The lowest BCUT2D eigenvalue weighted by molar-refractivity contribution is 0.105. The van der Waals surface area contributed by atoms with Gasteiger partial charge in [0.15, 0.2) is 6.19 Å². The summed E-state index contributed by atoms with van der Waals surface area (Å²) in [6, 6.07) is 4.04. The Morgan fingerprint density at radius 2 is 2.25 bits per heavy atom. The molecule has 0 bridgehead atoms. The number of halogens is 1. The second kappa shape index (κ2) is 8.00. The number of nitrogens with one attached hydrogen (secondary N) is 2. The summed E-state index contributed by atoms with van der Waals surface area (Å²) >= 11 is 6.01. The van der Waals surface area contributed by atoms with Gasteiger partial charge in [0.1, 0.15) is 4.90 Å².